The Balaban J connectivity index is 2.42. The Kier molecular flexibility index (Phi) is 16.0. The van der Waals surface area contributed by atoms with Crippen molar-refractivity contribution in [3.63, 3.8) is 0 Å². The molecular weight excluding hydrogens is 476 g/mol. The van der Waals surface area contributed by atoms with Gasteiger partial charge in [0.2, 0.25) is 5.91 Å². The molecule has 0 spiro atoms. The molecule has 0 fully saturated rings. The largest absolute Gasteiger partial charge is 0.469 e. The Morgan fingerprint density at radius 1 is 0.944 bits per heavy atom. The molecule has 1 rings (SSSR count). The fraction of sp³-hybridized carbons (Fsp3) is 0.667. The predicted molar refractivity (Wildman–Crippen MR) is 144 cm³/mol. The highest BCUT2D eigenvalue weighted by molar-refractivity contribution is 6.76. The van der Waals surface area contributed by atoms with Crippen molar-refractivity contribution in [1.82, 2.24) is 5.06 Å². The van der Waals surface area contributed by atoms with Crippen LogP contribution >= 0.6 is 0 Å². The van der Waals surface area contributed by atoms with Gasteiger partial charge in [0, 0.05) is 27.5 Å². The van der Waals surface area contributed by atoms with Crippen molar-refractivity contribution in [2.75, 3.05) is 20.3 Å². The van der Waals surface area contributed by atoms with Crippen LogP contribution in [0.4, 0.5) is 0 Å². The number of nitrogens with zero attached hydrogens (tertiary/aromatic N) is 1. The summed E-state index contributed by atoms with van der Waals surface area (Å²) in [5.41, 5.74) is 6.99. The molecule has 36 heavy (non-hydrogen) atoms. The summed E-state index contributed by atoms with van der Waals surface area (Å²) in [6.45, 7) is 7.89. The number of hydrogen-bond donors (Lipinski definition) is 1. The van der Waals surface area contributed by atoms with Crippen molar-refractivity contribution >= 4 is 25.9 Å². The number of benzene rings is 1. The van der Waals surface area contributed by atoms with E-state index in [1.54, 1.807) is 0 Å². The molecule has 1 aromatic rings. The minimum atomic E-state index is -1.26. The summed E-state index contributed by atoms with van der Waals surface area (Å²) in [6.07, 6.45) is 5.90. The highest BCUT2D eigenvalue weighted by Gasteiger charge is 2.19. The third-order valence-electron chi connectivity index (χ3n) is 5.78. The second-order valence-electron chi connectivity index (χ2n) is 10.3. The number of carbonyl (C=O) groups excluding carboxylic acids is 3. The fourth-order valence-corrected chi connectivity index (χ4v) is 4.13. The fourth-order valence-electron chi connectivity index (χ4n) is 3.42. The summed E-state index contributed by atoms with van der Waals surface area (Å²) in [7, 11) is 0.132. The van der Waals surface area contributed by atoms with Crippen LogP contribution in [0.2, 0.25) is 25.7 Å². The molecule has 1 aromatic carbocycles. The Morgan fingerprint density at radius 3 is 2.25 bits per heavy atom. The molecule has 0 saturated heterocycles. The zero-order chi connectivity index (χ0) is 26.8. The summed E-state index contributed by atoms with van der Waals surface area (Å²) in [5, 5.41) is 1.44. The molecule has 0 bridgehead atoms. The average Bonchev–Trinajstić information content (AvgIpc) is 2.84. The van der Waals surface area contributed by atoms with Crippen molar-refractivity contribution < 1.29 is 28.7 Å². The van der Waals surface area contributed by atoms with Crippen LogP contribution in [0.25, 0.3) is 0 Å². The molecule has 8 nitrogen and oxygen atoms in total. The van der Waals surface area contributed by atoms with Gasteiger partial charge in [-0.3, -0.25) is 19.2 Å². The van der Waals surface area contributed by atoms with E-state index in [1.165, 1.54) is 12.2 Å². The van der Waals surface area contributed by atoms with Gasteiger partial charge in [-0.1, -0.05) is 62.8 Å². The number of amides is 1. The first-order valence-corrected chi connectivity index (χ1v) is 16.8. The van der Waals surface area contributed by atoms with E-state index in [4.69, 9.17) is 15.3 Å². The summed E-state index contributed by atoms with van der Waals surface area (Å²) in [6, 6.07) is 9.99. The van der Waals surface area contributed by atoms with Crippen LogP contribution in [0.5, 0.6) is 0 Å². The molecule has 0 aromatic heterocycles. The number of unbranched alkanes of at least 4 members (excludes halogenated alkanes) is 4. The minimum Gasteiger partial charge on any atom is -0.469 e. The molecule has 204 valence electrons. The maximum Gasteiger partial charge on any atom is 0.322 e. The Bertz CT molecular complexity index is 769. The smallest absolute Gasteiger partial charge is 0.322 e. The van der Waals surface area contributed by atoms with Crippen LogP contribution < -0.4 is 5.73 Å². The van der Waals surface area contributed by atoms with Gasteiger partial charge in [-0.15, -0.1) is 0 Å². The van der Waals surface area contributed by atoms with Crippen LogP contribution in [0.15, 0.2) is 30.3 Å². The van der Waals surface area contributed by atoms with Gasteiger partial charge in [-0.05, 0) is 43.7 Å². The number of methoxy groups -OCH3 is 1. The third-order valence-corrected chi connectivity index (χ3v) is 7.49. The number of rotatable bonds is 19. The first kappa shape index (κ1) is 31.8. The standard InChI is InChI=1S/C27H46N2O6Si/c1-33-26(31)18-11-6-5-10-17-25(30)29(35-22-23-14-8-7-9-15-23)19-13-12-16-24(28)27(32)34-20-21-36(2,3)4/h7-9,14-15,24H,5-6,10-13,16-22,28H2,1-4H3/t24-/m0/s1. The van der Waals surface area contributed by atoms with Gasteiger partial charge in [-0.25, -0.2) is 5.06 Å². The molecule has 2 N–H and O–H groups in total. The molecule has 0 aliphatic heterocycles. The van der Waals surface area contributed by atoms with Gasteiger partial charge in [0.1, 0.15) is 12.6 Å². The first-order valence-electron chi connectivity index (χ1n) is 13.1. The summed E-state index contributed by atoms with van der Waals surface area (Å²) in [5.74, 6) is -0.617. The van der Waals surface area contributed by atoms with Gasteiger partial charge in [0.05, 0.1) is 13.7 Å². The van der Waals surface area contributed by atoms with Crippen LogP contribution in [0.3, 0.4) is 0 Å². The number of ether oxygens (including phenoxy) is 2. The van der Waals surface area contributed by atoms with Gasteiger partial charge < -0.3 is 15.2 Å². The maximum atomic E-state index is 12.8. The molecule has 0 aliphatic rings. The van der Waals surface area contributed by atoms with E-state index in [-0.39, 0.29) is 17.8 Å². The zero-order valence-corrected chi connectivity index (χ0v) is 23.6. The summed E-state index contributed by atoms with van der Waals surface area (Å²) < 4.78 is 9.98. The molecular formula is C27H46N2O6Si. The van der Waals surface area contributed by atoms with Crippen molar-refractivity contribution in [1.29, 1.82) is 0 Å². The molecule has 9 heteroatoms. The number of hydroxylamine groups is 2. The Morgan fingerprint density at radius 2 is 1.61 bits per heavy atom. The third kappa shape index (κ3) is 15.7. The maximum absolute atomic E-state index is 12.8. The lowest BCUT2D eigenvalue weighted by atomic mass is 10.1. The lowest BCUT2D eigenvalue weighted by Crippen LogP contribution is -2.34. The SMILES string of the molecule is COC(=O)CCCCCCC(=O)N(CCCC[C@H](N)C(=O)OCC[Si](C)(C)C)OCc1ccccc1. The van der Waals surface area contributed by atoms with Crippen LogP contribution in [0, 0.1) is 0 Å². The highest BCUT2D eigenvalue weighted by Crippen LogP contribution is 2.12. The monoisotopic (exact) mass is 522 g/mol. The Hall–Kier alpha value is -2.23. The molecule has 1 atom stereocenters. The molecule has 0 aliphatic carbocycles. The highest BCUT2D eigenvalue weighted by atomic mass is 28.3. The van der Waals surface area contributed by atoms with Crippen molar-refractivity contribution in [3.05, 3.63) is 35.9 Å². The summed E-state index contributed by atoms with van der Waals surface area (Å²) in [4.78, 5) is 42.0. The number of esters is 2. The lowest BCUT2D eigenvalue weighted by molar-refractivity contribution is -0.192. The van der Waals surface area contributed by atoms with Gasteiger partial charge >= 0.3 is 11.9 Å². The number of nitrogens with two attached hydrogens (primary N) is 1. The summed E-state index contributed by atoms with van der Waals surface area (Å²) >= 11 is 0. The minimum absolute atomic E-state index is 0.0612. The lowest BCUT2D eigenvalue weighted by Gasteiger charge is -2.22. The van der Waals surface area contributed by atoms with E-state index in [0.29, 0.717) is 51.9 Å². The van der Waals surface area contributed by atoms with Crippen LogP contribution in [-0.2, 0) is 35.3 Å². The van der Waals surface area contributed by atoms with E-state index < -0.39 is 14.1 Å². The second kappa shape index (κ2) is 18.1. The van der Waals surface area contributed by atoms with Gasteiger partial charge in [-0.2, -0.15) is 0 Å². The van der Waals surface area contributed by atoms with Crippen molar-refractivity contribution in [2.45, 2.75) is 96.1 Å². The topological polar surface area (TPSA) is 108 Å². The van der Waals surface area contributed by atoms with E-state index in [0.717, 1.165) is 37.3 Å². The van der Waals surface area contributed by atoms with E-state index in [2.05, 4.69) is 24.4 Å². The average molecular weight is 523 g/mol. The van der Waals surface area contributed by atoms with Gasteiger partial charge in [0.25, 0.3) is 0 Å². The van der Waals surface area contributed by atoms with Crippen LogP contribution in [0.1, 0.15) is 63.4 Å². The molecule has 0 saturated carbocycles. The van der Waals surface area contributed by atoms with E-state index >= 15 is 0 Å². The normalized spacial score (nSPS) is 12.1. The molecule has 0 unspecified atom stereocenters. The first-order chi connectivity index (χ1) is 17.1. The van der Waals surface area contributed by atoms with Crippen molar-refractivity contribution in [2.24, 2.45) is 5.73 Å². The molecule has 0 heterocycles. The number of carbonyl (C=O) groups is 3. The predicted octanol–water partition coefficient (Wildman–Crippen LogP) is 4.84. The Labute approximate surface area is 217 Å². The van der Waals surface area contributed by atoms with Gasteiger partial charge in [0.15, 0.2) is 0 Å². The number of hydrogen-bond acceptors (Lipinski definition) is 7. The molecule has 1 amide bonds. The molecule has 0 radical (unpaired) electrons. The van der Waals surface area contributed by atoms with E-state index in [1.807, 2.05) is 30.3 Å². The van der Waals surface area contributed by atoms with Crippen LogP contribution in [-0.4, -0.2) is 57.3 Å². The van der Waals surface area contributed by atoms with E-state index in [9.17, 15) is 14.4 Å². The zero-order valence-electron chi connectivity index (χ0n) is 22.6. The van der Waals surface area contributed by atoms with Crippen molar-refractivity contribution in [3.8, 4) is 0 Å². The second-order valence-corrected chi connectivity index (χ2v) is 15.9. The quantitative estimate of drug-likeness (QED) is 0.120.